The summed E-state index contributed by atoms with van der Waals surface area (Å²) in [6.07, 6.45) is 1.95. The maximum Gasteiger partial charge on any atom is 0.185 e. The van der Waals surface area contributed by atoms with E-state index in [1.807, 2.05) is 18.2 Å². The van der Waals surface area contributed by atoms with Gasteiger partial charge in [0.05, 0.1) is 20.9 Å². The maximum absolute atomic E-state index is 13.0. The van der Waals surface area contributed by atoms with E-state index in [4.69, 9.17) is 16.6 Å². The second-order valence-electron chi connectivity index (χ2n) is 7.09. The number of benzene rings is 2. The standard InChI is InChI=1S/C21H20BrClN2O2S2/c22-16-6-7-20(19(23)13-16)29(26,27)18-8-10-25(11-9-18)21-24-17(14-28-21)12-15-4-2-1-3-5-15/h1-7,13-14,18H,8-12H2. The van der Waals surface area contributed by atoms with E-state index >= 15 is 0 Å². The van der Waals surface area contributed by atoms with Crippen molar-refractivity contribution in [3.63, 3.8) is 0 Å². The van der Waals surface area contributed by atoms with Crippen LogP contribution >= 0.6 is 38.9 Å². The molecule has 1 fully saturated rings. The summed E-state index contributed by atoms with van der Waals surface area (Å²) >= 11 is 11.1. The Morgan fingerprint density at radius 2 is 1.86 bits per heavy atom. The number of thiazole rings is 1. The number of halogens is 2. The third kappa shape index (κ3) is 4.68. The van der Waals surface area contributed by atoms with E-state index in [1.54, 1.807) is 29.5 Å². The Hall–Kier alpha value is -1.41. The molecule has 3 aromatic rings. The van der Waals surface area contributed by atoms with Crippen molar-refractivity contribution in [3.05, 3.63) is 74.7 Å². The fraction of sp³-hybridized carbons (Fsp3) is 0.286. The highest BCUT2D eigenvalue weighted by Gasteiger charge is 2.33. The Kier molecular flexibility index (Phi) is 6.30. The number of sulfone groups is 1. The summed E-state index contributed by atoms with van der Waals surface area (Å²) in [6, 6.07) is 15.2. The molecule has 1 saturated heterocycles. The zero-order valence-corrected chi connectivity index (χ0v) is 19.6. The van der Waals surface area contributed by atoms with Gasteiger partial charge in [0.15, 0.2) is 15.0 Å². The minimum absolute atomic E-state index is 0.222. The third-order valence-corrected chi connectivity index (χ3v) is 9.31. The van der Waals surface area contributed by atoms with Gasteiger partial charge in [-0.1, -0.05) is 57.9 Å². The fourth-order valence-electron chi connectivity index (χ4n) is 3.57. The highest BCUT2D eigenvalue weighted by Crippen LogP contribution is 2.33. The van der Waals surface area contributed by atoms with E-state index < -0.39 is 15.1 Å². The van der Waals surface area contributed by atoms with Crippen molar-refractivity contribution >= 4 is 53.8 Å². The molecule has 0 saturated carbocycles. The first-order valence-electron chi connectivity index (χ1n) is 9.36. The molecule has 0 N–H and O–H groups in total. The molecule has 152 valence electrons. The number of hydrogen-bond acceptors (Lipinski definition) is 5. The van der Waals surface area contributed by atoms with Crippen LogP contribution in [0.4, 0.5) is 5.13 Å². The molecule has 0 amide bonds. The van der Waals surface area contributed by atoms with Gasteiger partial charge in [-0.2, -0.15) is 0 Å². The first-order valence-corrected chi connectivity index (χ1v) is 13.0. The molecular formula is C21H20BrClN2O2S2. The normalized spacial score (nSPS) is 15.6. The molecule has 2 aromatic carbocycles. The number of nitrogens with zero attached hydrogens (tertiary/aromatic N) is 2. The molecule has 4 nitrogen and oxygen atoms in total. The van der Waals surface area contributed by atoms with Crippen molar-refractivity contribution in [2.24, 2.45) is 0 Å². The summed E-state index contributed by atoms with van der Waals surface area (Å²) in [4.78, 5) is 7.18. The van der Waals surface area contributed by atoms with Crippen LogP contribution in [0.2, 0.25) is 5.02 Å². The number of rotatable bonds is 5. The first kappa shape index (κ1) is 20.8. The largest absolute Gasteiger partial charge is 0.348 e. The van der Waals surface area contributed by atoms with E-state index in [2.05, 4.69) is 38.3 Å². The summed E-state index contributed by atoms with van der Waals surface area (Å²) in [5, 5.41) is 2.91. The monoisotopic (exact) mass is 510 g/mol. The van der Waals surface area contributed by atoms with E-state index in [1.165, 1.54) is 5.56 Å². The van der Waals surface area contributed by atoms with Gasteiger partial charge in [0.2, 0.25) is 0 Å². The van der Waals surface area contributed by atoms with Crippen molar-refractivity contribution in [1.82, 2.24) is 4.98 Å². The van der Waals surface area contributed by atoms with Gasteiger partial charge in [-0.25, -0.2) is 13.4 Å². The number of aromatic nitrogens is 1. The van der Waals surface area contributed by atoms with Gasteiger partial charge < -0.3 is 4.90 Å². The first-order chi connectivity index (χ1) is 13.9. The lowest BCUT2D eigenvalue weighted by molar-refractivity contribution is 0.529. The molecule has 0 radical (unpaired) electrons. The minimum Gasteiger partial charge on any atom is -0.348 e. The van der Waals surface area contributed by atoms with Crippen molar-refractivity contribution in [2.75, 3.05) is 18.0 Å². The van der Waals surface area contributed by atoms with Crippen molar-refractivity contribution in [1.29, 1.82) is 0 Å². The van der Waals surface area contributed by atoms with Crippen LogP contribution in [0.3, 0.4) is 0 Å². The fourth-order valence-corrected chi connectivity index (χ4v) is 7.22. The van der Waals surface area contributed by atoms with Crippen LogP contribution < -0.4 is 4.90 Å². The molecule has 1 aliphatic rings. The van der Waals surface area contributed by atoms with Crippen LogP contribution in [0.5, 0.6) is 0 Å². The molecule has 0 bridgehead atoms. The summed E-state index contributed by atoms with van der Waals surface area (Å²) in [6.45, 7) is 1.35. The van der Waals surface area contributed by atoms with Gasteiger partial charge in [-0.05, 0) is 36.6 Å². The zero-order valence-electron chi connectivity index (χ0n) is 15.6. The Labute approximate surface area is 188 Å². The molecule has 0 aliphatic carbocycles. The van der Waals surface area contributed by atoms with Gasteiger partial charge in [-0.15, -0.1) is 11.3 Å². The van der Waals surface area contributed by atoms with Crippen molar-refractivity contribution in [3.8, 4) is 0 Å². The highest BCUT2D eigenvalue weighted by atomic mass is 79.9. The van der Waals surface area contributed by atoms with Gasteiger partial charge in [0.1, 0.15) is 0 Å². The summed E-state index contributed by atoms with van der Waals surface area (Å²) in [7, 11) is -3.45. The number of piperidine rings is 1. The Morgan fingerprint density at radius 1 is 1.14 bits per heavy atom. The Balaban J connectivity index is 1.42. The number of hydrogen-bond donors (Lipinski definition) is 0. The highest BCUT2D eigenvalue weighted by molar-refractivity contribution is 9.10. The topological polar surface area (TPSA) is 50.3 Å². The summed E-state index contributed by atoms with van der Waals surface area (Å²) in [5.74, 6) is 0. The summed E-state index contributed by atoms with van der Waals surface area (Å²) < 4.78 is 26.8. The Morgan fingerprint density at radius 3 is 2.55 bits per heavy atom. The predicted octanol–water partition coefficient (Wildman–Crippen LogP) is 5.59. The average molecular weight is 512 g/mol. The minimum atomic E-state index is -3.45. The molecule has 0 spiro atoms. The average Bonchev–Trinajstić information content (AvgIpc) is 3.17. The smallest absolute Gasteiger partial charge is 0.185 e. The van der Waals surface area contributed by atoms with Gasteiger partial charge in [0.25, 0.3) is 0 Å². The van der Waals surface area contributed by atoms with Crippen molar-refractivity contribution in [2.45, 2.75) is 29.4 Å². The van der Waals surface area contributed by atoms with Crippen molar-refractivity contribution < 1.29 is 8.42 Å². The quantitative estimate of drug-likeness (QED) is 0.448. The summed E-state index contributed by atoms with van der Waals surface area (Å²) in [5.41, 5.74) is 2.29. The molecule has 29 heavy (non-hydrogen) atoms. The van der Waals surface area contributed by atoms with E-state index in [9.17, 15) is 8.42 Å². The molecule has 0 unspecified atom stereocenters. The molecule has 1 aliphatic heterocycles. The molecule has 8 heteroatoms. The number of anilines is 1. The lowest BCUT2D eigenvalue weighted by Gasteiger charge is -2.31. The second-order valence-corrected chi connectivity index (χ2v) is 11.4. The van der Waals surface area contributed by atoms with Crippen LogP contribution in [0.25, 0.3) is 0 Å². The van der Waals surface area contributed by atoms with Crippen LogP contribution in [-0.4, -0.2) is 31.7 Å². The molecule has 4 rings (SSSR count). The molecule has 1 aromatic heterocycles. The zero-order chi connectivity index (χ0) is 20.4. The lowest BCUT2D eigenvalue weighted by atomic mass is 10.1. The second kappa shape index (κ2) is 8.76. The van der Waals surface area contributed by atoms with Crippen LogP contribution in [-0.2, 0) is 16.3 Å². The van der Waals surface area contributed by atoms with Gasteiger partial charge >= 0.3 is 0 Å². The Bertz CT molecular complexity index is 1090. The lowest BCUT2D eigenvalue weighted by Crippen LogP contribution is -2.39. The van der Waals surface area contributed by atoms with Crippen LogP contribution in [0.1, 0.15) is 24.1 Å². The van der Waals surface area contributed by atoms with Crippen LogP contribution in [0, 0.1) is 0 Å². The third-order valence-electron chi connectivity index (χ3n) is 5.12. The predicted molar refractivity (Wildman–Crippen MR) is 123 cm³/mol. The molecule has 2 heterocycles. The van der Waals surface area contributed by atoms with Gasteiger partial charge in [0, 0.05) is 29.4 Å². The molecular weight excluding hydrogens is 492 g/mol. The van der Waals surface area contributed by atoms with E-state index in [-0.39, 0.29) is 9.92 Å². The van der Waals surface area contributed by atoms with E-state index in [0.717, 1.165) is 21.7 Å². The molecule has 0 atom stereocenters. The van der Waals surface area contributed by atoms with Gasteiger partial charge in [-0.3, -0.25) is 0 Å². The SMILES string of the molecule is O=S(=O)(c1ccc(Br)cc1Cl)C1CCN(c2nc(Cc3ccccc3)cs2)CC1. The van der Waals surface area contributed by atoms with E-state index in [0.29, 0.717) is 25.9 Å². The maximum atomic E-state index is 13.0. The van der Waals surface area contributed by atoms with Crippen LogP contribution in [0.15, 0.2) is 63.3 Å².